The van der Waals surface area contributed by atoms with Gasteiger partial charge in [-0.1, -0.05) is 31.9 Å². The zero-order valence-electron chi connectivity index (χ0n) is 19.8. The number of ether oxygens (including phenoxy) is 1. The molecule has 1 fully saturated rings. The van der Waals surface area contributed by atoms with Crippen molar-refractivity contribution in [3.05, 3.63) is 30.1 Å². The summed E-state index contributed by atoms with van der Waals surface area (Å²) < 4.78 is 7.61. The van der Waals surface area contributed by atoms with Crippen molar-refractivity contribution in [1.29, 1.82) is 0 Å². The number of nitrogens with zero attached hydrogens (tertiary/aromatic N) is 3. The van der Waals surface area contributed by atoms with Crippen LogP contribution in [0.2, 0.25) is 0 Å². The highest BCUT2D eigenvalue weighted by Crippen LogP contribution is 2.32. The molecule has 3 atom stereocenters. The number of carbonyl (C=O) groups excluding carboxylic acids is 2. The monoisotopic (exact) mass is 440 g/mol. The lowest BCUT2D eigenvalue weighted by Gasteiger charge is -2.44. The number of fused-ring (bicyclic) bond motifs is 3. The topological polar surface area (TPSA) is 76.5 Å². The zero-order valence-corrected chi connectivity index (χ0v) is 19.8. The van der Waals surface area contributed by atoms with Crippen LogP contribution in [-0.2, 0) is 16.1 Å². The van der Waals surface area contributed by atoms with Crippen LogP contribution < -0.4 is 5.32 Å². The van der Waals surface area contributed by atoms with E-state index in [4.69, 9.17) is 4.74 Å². The highest BCUT2D eigenvalue weighted by atomic mass is 16.5. The quantitative estimate of drug-likeness (QED) is 0.665. The van der Waals surface area contributed by atoms with Gasteiger partial charge in [-0.2, -0.15) is 0 Å². The van der Waals surface area contributed by atoms with E-state index in [1.54, 1.807) is 4.90 Å². The fraction of sp³-hybridized carbons (Fsp3) is 0.640. The SMILES string of the molecule is CC(C)OCCCN1C(=O)c2nc3ccccc3n2C[C@]1(C)C(=O)N[C@@H]1CCCC[C@H]1C. The Morgan fingerprint density at radius 3 is 2.78 bits per heavy atom. The Kier molecular flexibility index (Phi) is 6.56. The number of para-hydroxylation sites is 2. The minimum atomic E-state index is -0.984. The molecule has 0 spiro atoms. The van der Waals surface area contributed by atoms with E-state index in [2.05, 4.69) is 17.2 Å². The maximum absolute atomic E-state index is 13.7. The summed E-state index contributed by atoms with van der Waals surface area (Å²) >= 11 is 0. The normalized spacial score (nSPS) is 25.9. The molecule has 2 aliphatic rings. The smallest absolute Gasteiger partial charge is 0.290 e. The van der Waals surface area contributed by atoms with E-state index in [0.29, 0.717) is 37.9 Å². The van der Waals surface area contributed by atoms with E-state index in [-0.39, 0.29) is 24.0 Å². The standard InChI is InChI=1S/C25H36N4O3/c1-17(2)32-15-9-14-29-23(30)22-26-20-12-7-8-13-21(20)28(22)16-25(29,4)24(31)27-19-11-6-5-10-18(19)3/h7-8,12-13,17-19H,5-6,9-11,14-16H2,1-4H3,(H,27,31)/t18-,19-,25-/m1/s1. The van der Waals surface area contributed by atoms with Crippen LogP contribution in [0.3, 0.4) is 0 Å². The van der Waals surface area contributed by atoms with Gasteiger partial charge < -0.3 is 19.5 Å². The third kappa shape index (κ3) is 4.27. The number of hydrogen-bond donors (Lipinski definition) is 1. The van der Waals surface area contributed by atoms with Gasteiger partial charge in [-0.15, -0.1) is 0 Å². The van der Waals surface area contributed by atoms with E-state index in [1.807, 2.05) is 49.6 Å². The third-order valence-electron chi connectivity index (χ3n) is 7.05. The van der Waals surface area contributed by atoms with Crippen molar-refractivity contribution in [3.63, 3.8) is 0 Å². The van der Waals surface area contributed by atoms with Crippen LogP contribution in [0.15, 0.2) is 24.3 Å². The Labute approximate surface area is 190 Å². The molecule has 1 aromatic carbocycles. The van der Waals surface area contributed by atoms with Gasteiger partial charge in [-0.25, -0.2) is 4.98 Å². The fourth-order valence-electron chi connectivity index (χ4n) is 5.08. The molecule has 7 nitrogen and oxygen atoms in total. The van der Waals surface area contributed by atoms with Gasteiger partial charge in [0.15, 0.2) is 5.82 Å². The molecular formula is C25H36N4O3. The van der Waals surface area contributed by atoms with Crippen molar-refractivity contribution >= 4 is 22.8 Å². The van der Waals surface area contributed by atoms with Crippen LogP contribution in [0.4, 0.5) is 0 Å². The predicted molar refractivity (Wildman–Crippen MR) is 124 cm³/mol. The number of nitrogens with one attached hydrogen (secondary N) is 1. The largest absolute Gasteiger partial charge is 0.379 e. The molecule has 0 unspecified atom stereocenters. The molecule has 0 bridgehead atoms. The van der Waals surface area contributed by atoms with Crippen molar-refractivity contribution in [2.75, 3.05) is 13.2 Å². The molecule has 7 heteroatoms. The van der Waals surface area contributed by atoms with Crippen molar-refractivity contribution < 1.29 is 14.3 Å². The molecule has 32 heavy (non-hydrogen) atoms. The fourth-order valence-corrected chi connectivity index (χ4v) is 5.08. The van der Waals surface area contributed by atoms with Gasteiger partial charge in [-0.05, 0) is 58.1 Å². The first kappa shape index (κ1) is 22.8. The Balaban J connectivity index is 1.64. The molecule has 2 heterocycles. The van der Waals surface area contributed by atoms with Crippen LogP contribution in [-0.4, -0.2) is 57.1 Å². The molecule has 2 aromatic rings. The number of aromatic nitrogens is 2. The Bertz CT molecular complexity index is 985. The summed E-state index contributed by atoms with van der Waals surface area (Å²) in [7, 11) is 0. The number of carbonyl (C=O) groups is 2. The van der Waals surface area contributed by atoms with Crippen LogP contribution in [0.1, 0.15) is 70.4 Å². The molecule has 174 valence electrons. The number of hydrogen-bond acceptors (Lipinski definition) is 4. The minimum absolute atomic E-state index is 0.0715. The van der Waals surface area contributed by atoms with E-state index in [0.717, 1.165) is 30.3 Å². The summed E-state index contributed by atoms with van der Waals surface area (Å²) in [6, 6.07) is 7.90. The number of rotatable bonds is 7. The second-order valence-corrected chi connectivity index (χ2v) is 9.86. The Morgan fingerprint density at radius 1 is 1.28 bits per heavy atom. The molecule has 1 aliphatic carbocycles. The summed E-state index contributed by atoms with van der Waals surface area (Å²) in [4.78, 5) is 33.7. The lowest BCUT2D eigenvalue weighted by molar-refractivity contribution is -0.134. The van der Waals surface area contributed by atoms with Gasteiger partial charge in [0, 0.05) is 19.2 Å². The van der Waals surface area contributed by atoms with Gasteiger partial charge in [0.1, 0.15) is 5.54 Å². The van der Waals surface area contributed by atoms with Gasteiger partial charge >= 0.3 is 0 Å². The zero-order chi connectivity index (χ0) is 22.9. The predicted octanol–water partition coefficient (Wildman–Crippen LogP) is 3.76. The van der Waals surface area contributed by atoms with Crippen molar-refractivity contribution in [2.45, 2.75) is 84.0 Å². The average molecular weight is 441 g/mol. The van der Waals surface area contributed by atoms with E-state index < -0.39 is 5.54 Å². The van der Waals surface area contributed by atoms with E-state index >= 15 is 0 Å². The van der Waals surface area contributed by atoms with Crippen molar-refractivity contribution in [1.82, 2.24) is 19.8 Å². The van der Waals surface area contributed by atoms with E-state index in [9.17, 15) is 9.59 Å². The first-order chi connectivity index (χ1) is 15.3. The molecule has 0 radical (unpaired) electrons. The minimum Gasteiger partial charge on any atom is -0.379 e. The number of amides is 2. The van der Waals surface area contributed by atoms with Gasteiger partial charge in [0.05, 0.1) is 23.7 Å². The lowest BCUT2D eigenvalue weighted by atomic mass is 9.85. The lowest BCUT2D eigenvalue weighted by Crippen LogP contribution is -2.65. The maximum Gasteiger partial charge on any atom is 0.290 e. The third-order valence-corrected chi connectivity index (χ3v) is 7.05. The van der Waals surface area contributed by atoms with Crippen LogP contribution >= 0.6 is 0 Å². The van der Waals surface area contributed by atoms with Crippen LogP contribution in [0.25, 0.3) is 11.0 Å². The second kappa shape index (κ2) is 9.22. The molecule has 2 amide bonds. The maximum atomic E-state index is 13.7. The first-order valence-electron chi connectivity index (χ1n) is 12.0. The Hall–Kier alpha value is -2.41. The van der Waals surface area contributed by atoms with Gasteiger partial charge in [0.2, 0.25) is 5.91 Å². The summed E-state index contributed by atoms with van der Waals surface area (Å²) in [5, 5.41) is 3.31. The highest BCUT2D eigenvalue weighted by molar-refractivity contribution is 6.01. The Morgan fingerprint density at radius 2 is 2.03 bits per heavy atom. The van der Waals surface area contributed by atoms with E-state index in [1.165, 1.54) is 6.42 Å². The molecule has 1 aromatic heterocycles. The molecular weight excluding hydrogens is 404 g/mol. The molecule has 4 rings (SSSR count). The number of benzene rings is 1. The van der Waals surface area contributed by atoms with Crippen LogP contribution in [0.5, 0.6) is 0 Å². The summed E-state index contributed by atoms with van der Waals surface area (Å²) in [6.45, 7) is 9.50. The van der Waals surface area contributed by atoms with Crippen LogP contribution in [0, 0.1) is 5.92 Å². The summed E-state index contributed by atoms with van der Waals surface area (Å²) in [5.74, 6) is 0.601. The van der Waals surface area contributed by atoms with Crippen molar-refractivity contribution in [3.8, 4) is 0 Å². The second-order valence-electron chi connectivity index (χ2n) is 9.86. The average Bonchev–Trinajstić information content (AvgIpc) is 3.13. The first-order valence-corrected chi connectivity index (χ1v) is 12.0. The molecule has 0 saturated heterocycles. The molecule has 1 N–H and O–H groups in total. The highest BCUT2D eigenvalue weighted by Gasteiger charge is 2.48. The summed E-state index contributed by atoms with van der Waals surface area (Å²) in [6.07, 6.45) is 5.30. The van der Waals surface area contributed by atoms with Gasteiger partial charge in [0.25, 0.3) is 5.91 Å². The van der Waals surface area contributed by atoms with Gasteiger partial charge in [-0.3, -0.25) is 9.59 Å². The molecule has 1 aliphatic heterocycles. The summed E-state index contributed by atoms with van der Waals surface area (Å²) in [5.41, 5.74) is 0.691. The molecule has 1 saturated carbocycles. The number of imidazole rings is 1. The van der Waals surface area contributed by atoms with Crippen molar-refractivity contribution in [2.24, 2.45) is 5.92 Å².